The summed E-state index contributed by atoms with van der Waals surface area (Å²) in [5, 5.41) is 4.37. The maximum absolute atomic E-state index is 13.7. The zero-order chi connectivity index (χ0) is 23.3. The summed E-state index contributed by atoms with van der Waals surface area (Å²) in [6.45, 7) is 3.58. The van der Waals surface area contributed by atoms with E-state index in [9.17, 15) is 27.6 Å². The van der Waals surface area contributed by atoms with Gasteiger partial charge >= 0.3 is 6.18 Å². The molecule has 1 fully saturated rings. The molecule has 1 saturated carbocycles. The van der Waals surface area contributed by atoms with Gasteiger partial charge in [-0.15, -0.1) is 6.58 Å². The van der Waals surface area contributed by atoms with Gasteiger partial charge < -0.3 is 15.2 Å². The number of hydrogen-bond donors (Lipinski definition) is 2. The number of hydrogen-bond acceptors (Lipinski definition) is 4. The van der Waals surface area contributed by atoms with Crippen LogP contribution < -0.4 is 16.1 Å². The lowest BCUT2D eigenvalue weighted by atomic mass is 10.1. The van der Waals surface area contributed by atoms with Crippen molar-refractivity contribution in [3.63, 3.8) is 0 Å². The second kappa shape index (κ2) is 9.80. The molecule has 0 spiro atoms. The summed E-state index contributed by atoms with van der Waals surface area (Å²) in [4.78, 5) is 41.9. The molecule has 3 rings (SSSR count). The lowest BCUT2D eigenvalue weighted by molar-refractivity contribution is -0.155. The Balaban J connectivity index is 2.01. The standard InChI is InChI=1S/C22H23F3N4O3/c1-2-9-27-20(31)16-12-29(15-7-3-4-8-15)13-17(18(16)30)21(32)28-19(22(23,24)25)14-6-5-10-26-11-14/h2,5-6,10-13,15,19H,1,3-4,7-9H2,(H,27,31)(H,28,32)/t19-/m0/s1. The van der Waals surface area contributed by atoms with Gasteiger partial charge in [-0.3, -0.25) is 19.4 Å². The van der Waals surface area contributed by atoms with Crippen molar-refractivity contribution in [3.05, 3.63) is 76.5 Å². The molecule has 7 nitrogen and oxygen atoms in total. The van der Waals surface area contributed by atoms with Gasteiger partial charge in [0.2, 0.25) is 5.43 Å². The van der Waals surface area contributed by atoms with Crippen molar-refractivity contribution < 1.29 is 22.8 Å². The third kappa shape index (κ3) is 5.24. The van der Waals surface area contributed by atoms with Crippen molar-refractivity contribution in [1.29, 1.82) is 0 Å². The monoisotopic (exact) mass is 448 g/mol. The van der Waals surface area contributed by atoms with Crippen LogP contribution in [0.25, 0.3) is 0 Å². The van der Waals surface area contributed by atoms with Crippen LogP contribution in [0.5, 0.6) is 0 Å². The molecule has 2 aromatic rings. The molecule has 0 saturated heterocycles. The second-order valence-corrected chi connectivity index (χ2v) is 7.53. The number of aromatic nitrogens is 2. The number of alkyl halides is 3. The number of nitrogens with one attached hydrogen (secondary N) is 2. The summed E-state index contributed by atoms with van der Waals surface area (Å²) in [7, 11) is 0. The Labute approximate surface area is 182 Å². The van der Waals surface area contributed by atoms with E-state index in [1.165, 1.54) is 36.8 Å². The number of rotatable bonds is 7. The highest BCUT2D eigenvalue weighted by molar-refractivity contribution is 5.99. The normalized spacial score (nSPS) is 15.2. The first-order valence-corrected chi connectivity index (χ1v) is 10.1. The highest BCUT2D eigenvalue weighted by Gasteiger charge is 2.42. The van der Waals surface area contributed by atoms with E-state index in [2.05, 4.69) is 16.9 Å². The van der Waals surface area contributed by atoms with Gasteiger partial charge in [-0.05, 0) is 18.9 Å². The molecule has 1 aliphatic rings. The summed E-state index contributed by atoms with van der Waals surface area (Å²) in [5.74, 6) is -1.94. The fourth-order valence-electron chi connectivity index (χ4n) is 3.70. The summed E-state index contributed by atoms with van der Waals surface area (Å²) >= 11 is 0. The molecule has 2 aromatic heterocycles. The predicted octanol–water partition coefficient (Wildman–Crippen LogP) is 3.31. The van der Waals surface area contributed by atoms with E-state index in [1.807, 2.05) is 5.32 Å². The minimum atomic E-state index is -4.82. The summed E-state index contributed by atoms with van der Waals surface area (Å²) in [6, 6.07) is 0.0883. The van der Waals surface area contributed by atoms with Crippen molar-refractivity contribution in [1.82, 2.24) is 20.2 Å². The van der Waals surface area contributed by atoms with Gasteiger partial charge in [0.25, 0.3) is 11.8 Å². The smallest absolute Gasteiger partial charge is 0.349 e. The van der Waals surface area contributed by atoms with E-state index < -0.39 is 35.0 Å². The average Bonchev–Trinajstić information content (AvgIpc) is 3.30. The molecule has 0 aromatic carbocycles. The first-order valence-electron chi connectivity index (χ1n) is 10.1. The number of carbonyl (C=O) groups is 2. The lowest BCUT2D eigenvalue weighted by Gasteiger charge is -2.22. The minimum Gasteiger partial charge on any atom is -0.349 e. The maximum Gasteiger partial charge on any atom is 0.412 e. The van der Waals surface area contributed by atoms with Gasteiger partial charge in [-0.2, -0.15) is 13.2 Å². The molecule has 170 valence electrons. The van der Waals surface area contributed by atoms with E-state index in [-0.39, 0.29) is 23.7 Å². The molecule has 2 heterocycles. The summed E-state index contributed by atoms with van der Waals surface area (Å²) in [6.07, 6.45) is 4.93. The zero-order valence-electron chi connectivity index (χ0n) is 17.2. The SMILES string of the molecule is C=CCNC(=O)c1cn(C2CCCC2)cc(C(=O)N[C@@H](c2cccnc2)C(F)(F)F)c1=O. The van der Waals surface area contributed by atoms with Crippen LogP contribution in [0.1, 0.15) is 64.0 Å². The maximum atomic E-state index is 13.7. The quantitative estimate of drug-likeness (QED) is 0.636. The lowest BCUT2D eigenvalue weighted by Crippen LogP contribution is -2.41. The van der Waals surface area contributed by atoms with Gasteiger partial charge in [0.05, 0.1) is 0 Å². The third-order valence-corrected chi connectivity index (χ3v) is 5.31. The molecule has 0 bridgehead atoms. The van der Waals surface area contributed by atoms with Crippen LogP contribution in [0.3, 0.4) is 0 Å². The van der Waals surface area contributed by atoms with Gasteiger partial charge in [0.15, 0.2) is 6.04 Å². The van der Waals surface area contributed by atoms with E-state index in [1.54, 1.807) is 4.57 Å². The van der Waals surface area contributed by atoms with Gasteiger partial charge in [-0.25, -0.2) is 0 Å². The first-order chi connectivity index (χ1) is 15.2. The van der Waals surface area contributed by atoms with E-state index in [4.69, 9.17) is 0 Å². The van der Waals surface area contributed by atoms with Crippen LogP contribution >= 0.6 is 0 Å². The largest absolute Gasteiger partial charge is 0.412 e. The molecular weight excluding hydrogens is 425 g/mol. The summed E-state index contributed by atoms with van der Waals surface area (Å²) in [5.41, 5.74) is -2.05. The highest BCUT2D eigenvalue weighted by Crippen LogP contribution is 2.33. The van der Waals surface area contributed by atoms with Gasteiger partial charge in [0, 0.05) is 42.9 Å². The third-order valence-electron chi connectivity index (χ3n) is 5.31. The Hall–Kier alpha value is -3.43. The number of amides is 2. The molecule has 32 heavy (non-hydrogen) atoms. The highest BCUT2D eigenvalue weighted by atomic mass is 19.4. The first kappa shape index (κ1) is 23.2. The molecule has 0 unspecified atom stereocenters. The van der Waals surface area contributed by atoms with Crippen LogP contribution in [0.4, 0.5) is 13.2 Å². The van der Waals surface area contributed by atoms with Crippen LogP contribution in [0.15, 0.2) is 54.4 Å². The average molecular weight is 448 g/mol. The molecule has 1 atom stereocenters. The van der Waals surface area contributed by atoms with Crippen LogP contribution in [0, 0.1) is 0 Å². The number of carbonyl (C=O) groups excluding carboxylic acids is 2. The topological polar surface area (TPSA) is 93.1 Å². The summed E-state index contributed by atoms with van der Waals surface area (Å²) < 4.78 is 42.5. The zero-order valence-corrected chi connectivity index (χ0v) is 17.2. The van der Waals surface area contributed by atoms with E-state index in [0.29, 0.717) is 0 Å². The molecule has 2 amide bonds. The Bertz CT molecular complexity index is 1040. The van der Waals surface area contributed by atoms with Crippen LogP contribution in [0.2, 0.25) is 0 Å². The fraction of sp³-hybridized carbons (Fsp3) is 0.364. The van der Waals surface area contributed by atoms with Crippen molar-refractivity contribution in [2.75, 3.05) is 6.54 Å². The number of nitrogens with zero attached hydrogens (tertiary/aromatic N) is 2. The van der Waals surface area contributed by atoms with Crippen LogP contribution in [-0.4, -0.2) is 34.1 Å². The van der Waals surface area contributed by atoms with E-state index in [0.717, 1.165) is 31.9 Å². The molecule has 0 radical (unpaired) electrons. The Morgan fingerprint density at radius 3 is 2.44 bits per heavy atom. The number of pyridine rings is 2. The Morgan fingerprint density at radius 1 is 1.22 bits per heavy atom. The minimum absolute atomic E-state index is 0.0511. The van der Waals surface area contributed by atoms with Crippen LogP contribution in [-0.2, 0) is 0 Å². The Morgan fingerprint density at radius 2 is 1.88 bits per heavy atom. The predicted molar refractivity (Wildman–Crippen MR) is 111 cm³/mol. The van der Waals surface area contributed by atoms with Crippen molar-refractivity contribution in [2.45, 2.75) is 43.9 Å². The molecular formula is C22H23F3N4O3. The van der Waals surface area contributed by atoms with Gasteiger partial charge in [0.1, 0.15) is 11.1 Å². The van der Waals surface area contributed by atoms with Crippen molar-refractivity contribution >= 4 is 11.8 Å². The molecule has 1 aliphatic carbocycles. The fourth-order valence-corrected chi connectivity index (χ4v) is 3.70. The van der Waals surface area contributed by atoms with E-state index >= 15 is 0 Å². The second-order valence-electron chi connectivity index (χ2n) is 7.53. The molecule has 10 heteroatoms. The van der Waals surface area contributed by atoms with Crippen molar-refractivity contribution in [3.8, 4) is 0 Å². The molecule has 2 N–H and O–H groups in total. The van der Waals surface area contributed by atoms with Gasteiger partial charge in [-0.1, -0.05) is 25.0 Å². The molecule has 0 aliphatic heterocycles. The Kier molecular flexibility index (Phi) is 7.12. The van der Waals surface area contributed by atoms with Crippen molar-refractivity contribution in [2.24, 2.45) is 0 Å². The number of halogens is 3.